The van der Waals surface area contributed by atoms with E-state index in [1.54, 1.807) is 12.1 Å². The number of nitrogens with one attached hydrogen (secondary N) is 1. The fourth-order valence-corrected chi connectivity index (χ4v) is 1.98. The fourth-order valence-electron chi connectivity index (χ4n) is 1.78. The summed E-state index contributed by atoms with van der Waals surface area (Å²) in [5.74, 6) is -0.870. The first-order chi connectivity index (χ1) is 10.7. The summed E-state index contributed by atoms with van der Waals surface area (Å²) in [6.45, 7) is 7.62. The molecule has 0 aliphatic rings. The zero-order valence-electron chi connectivity index (χ0n) is 13.8. The number of aromatic carboxylic acids is 1. The molecule has 2 N–H and O–H groups in total. The molecule has 0 aromatic heterocycles. The molecule has 0 fully saturated rings. The number of hydrogen-bond donors (Lipinski definition) is 2. The molecule has 0 unspecified atom stereocenters. The molecule has 0 amide bonds. The van der Waals surface area contributed by atoms with E-state index in [9.17, 15) is 9.59 Å². The van der Waals surface area contributed by atoms with Gasteiger partial charge in [-0.1, -0.05) is 38.4 Å². The molecule has 0 saturated heterocycles. The van der Waals surface area contributed by atoms with Crippen LogP contribution in [-0.4, -0.2) is 36.6 Å². The van der Waals surface area contributed by atoms with Crippen LogP contribution in [0.15, 0.2) is 18.2 Å². The SMILES string of the molecule is CC(C)(C)C(=O)CNCCCOCc1ccc(Cl)c(C(=O)O)c1. The summed E-state index contributed by atoms with van der Waals surface area (Å²) >= 11 is 5.81. The molecule has 0 atom stereocenters. The summed E-state index contributed by atoms with van der Waals surface area (Å²) in [5, 5.41) is 12.3. The molecule has 5 nitrogen and oxygen atoms in total. The van der Waals surface area contributed by atoms with Crippen LogP contribution >= 0.6 is 11.6 Å². The minimum atomic E-state index is -1.05. The van der Waals surface area contributed by atoms with E-state index < -0.39 is 5.97 Å². The van der Waals surface area contributed by atoms with E-state index in [2.05, 4.69) is 5.32 Å². The van der Waals surface area contributed by atoms with Crippen LogP contribution in [-0.2, 0) is 16.1 Å². The van der Waals surface area contributed by atoms with Crippen molar-refractivity contribution in [2.45, 2.75) is 33.8 Å². The van der Waals surface area contributed by atoms with Crippen molar-refractivity contribution in [1.29, 1.82) is 0 Å². The third-order valence-corrected chi connectivity index (χ3v) is 3.62. The molecule has 1 rings (SSSR count). The predicted molar refractivity (Wildman–Crippen MR) is 90.0 cm³/mol. The number of carbonyl (C=O) groups is 2. The normalized spacial score (nSPS) is 11.5. The predicted octanol–water partition coefficient (Wildman–Crippen LogP) is 3.15. The van der Waals surface area contributed by atoms with Crippen LogP contribution in [0.25, 0.3) is 0 Å². The average Bonchev–Trinajstić information content (AvgIpc) is 2.46. The number of ether oxygens (including phenoxy) is 1. The lowest BCUT2D eigenvalue weighted by Crippen LogP contribution is -2.32. The highest BCUT2D eigenvalue weighted by molar-refractivity contribution is 6.33. The third kappa shape index (κ3) is 7.12. The van der Waals surface area contributed by atoms with Crippen molar-refractivity contribution < 1.29 is 19.4 Å². The molecular formula is C17H24ClNO4. The lowest BCUT2D eigenvalue weighted by atomic mass is 9.91. The quantitative estimate of drug-likeness (QED) is 0.675. The zero-order valence-corrected chi connectivity index (χ0v) is 14.6. The second kappa shape index (κ2) is 9.01. The monoisotopic (exact) mass is 341 g/mol. The summed E-state index contributed by atoms with van der Waals surface area (Å²) < 4.78 is 5.51. The fraction of sp³-hybridized carbons (Fsp3) is 0.529. The number of carboxylic acids is 1. The second-order valence-corrected chi connectivity index (χ2v) is 6.78. The molecule has 1 aromatic carbocycles. The Morgan fingerprint density at radius 1 is 1.30 bits per heavy atom. The molecule has 0 spiro atoms. The number of Topliss-reactive ketones (excluding diaryl/α,β-unsaturated/α-hetero) is 1. The Labute approximate surface area is 142 Å². The van der Waals surface area contributed by atoms with Crippen LogP contribution in [0.4, 0.5) is 0 Å². The third-order valence-electron chi connectivity index (χ3n) is 3.29. The van der Waals surface area contributed by atoms with Crippen molar-refractivity contribution in [3.05, 3.63) is 34.3 Å². The van der Waals surface area contributed by atoms with Crippen LogP contribution < -0.4 is 5.32 Å². The van der Waals surface area contributed by atoms with Crippen LogP contribution in [0.3, 0.4) is 0 Å². The van der Waals surface area contributed by atoms with Crippen LogP contribution in [0, 0.1) is 5.41 Å². The average molecular weight is 342 g/mol. The largest absolute Gasteiger partial charge is 0.478 e. The Morgan fingerprint density at radius 3 is 2.61 bits per heavy atom. The first-order valence-electron chi connectivity index (χ1n) is 7.55. The van der Waals surface area contributed by atoms with Gasteiger partial charge in [0.05, 0.1) is 23.7 Å². The zero-order chi connectivity index (χ0) is 17.5. The Kier molecular flexibility index (Phi) is 7.68. The number of ketones is 1. The summed E-state index contributed by atoms with van der Waals surface area (Å²) in [6.07, 6.45) is 0.775. The maximum Gasteiger partial charge on any atom is 0.337 e. The molecule has 0 aliphatic heterocycles. The lowest BCUT2D eigenvalue weighted by molar-refractivity contribution is -0.125. The van der Waals surface area contributed by atoms with Gasteiger partial charge in [0.15, 0.2) is 5.78 Å². The van der Waals surface area contributed by atoms with Crippen molar-refractivity contribution in [2.24, 2.45) is 5.41 Å². The van der Waals surface area contributed by atoms with E-state index in [0.717, 1.165) is 12.0 Å². The standard InChI is InChI=1S/C17H24ClNO4/c1-17(2,3)15(20)10-19-7-4-8-23-11-12-5-6-14(18)13(9-12)16(21)22/h5-6,9,19H,4,7-8,10-11H2,1-3H3,(H,21,22). The summed E-state index contributed by atoms with van der Waals surface area (Å²) in [5.41, 5.74) is 0.526. The molecule has 0 heterocycles. The van der Waals surface area contributed by atoms with Crippen molar-refractivity contribution in [3.8, 4) is 0 Å². The summed E-state index contributed by atoms with van der Waals surface area (Å²) in [7, 11) is 0. The first-order valence-corrected chi connectivity index (χ1v) is 7.93. The summed E-state index contributed by atoms with van der Waals surface area (Å²) in [4.78, 5) is 22.7. The van der Waals surface area contributed by atoms with Crippen molar-refractivity contribution in [1.82, 2.24) is 5.32 Å². The molecule has 0 radical (unpaired) electrons. The smallest absolute Gasteiger partial charge is 0.337 e. The van der Waals surface area contributed by atoms with E-state index in [-0.39, 0.29) is 21.8 Å². The first kappa shape index (κ1) is 19.6. The number of hydrogen-bond acceptors (Lipinski definition) is 4. The van der Waals surface area contributed by atoms with Gasteiger partial charge in [0.1, 0.15) is 0 Å². The van der Waals surface area contributed by atoms with Crippen molar-refractivity contribution in [3.63, 3.8) is 0 Å². The van der Waals surface area contributed by atoms with Gasteiger partial charge in [-0.15, -0.1) is 0 Å². The minimum absolute atomic E-state index is 0.0788. The number of carbonyl (C=O) groups excluding carboxylic acids is 1. The second-order valence-electron chi connectivity index (χ2n) is 6.38. The van der Waals surface area contributed by atoms with Gasteiger partial charge in [-0.05, 0) is 30.7 Å². The maximum absolute atomic E-state index is 11.7. The highest BCUT2D eigenvalue weighted by Gasteiger charge is 2.19. The van der Waals surface area contributed by atoms with E-state index in [1.165, 1.54) is 6.07 Å². The summed E-state index contributed by atoms with van der Waals surface area (Å²) in [6, 6.07) is 4.82. The lowest BCUT2D eigenvalue weighted by Gasteiger charge is -2.16. The van der Waals surface area contributed by atoms with Crippen LogP contribution in [0.1, 0.15) is 43.1 Å². The van der Waals surface area contributed by atoms with Gasteiger partial charge in [0.2, 0.25) is 0 Å². The van der Waals surface area contributed by atoms with Gasteiger partial charge in [0.25, 0.3) is 0 Å². The van der Waals surface area contributed by atoms with Crippen molar-refractivity contribution >= 4 is 23.4 Å². The van der Waals surface area contributed by atoms with Gasteiger partial charge < -0.3 is 15.2 Å². The molecular weight excluding hydrogens is 318 g/mol. The van der Waals surface area contributed by atoms with Gasteiger partial charge in [-0.3, -0.25) is 4.79 Å². The highest BCUT2D eigenvalue weighted by Crippen LogP contribution is 2.18. The van der Waals surface area contributed by atoms with E-state index in [4.69, 9.17) is 21.4 Å². The van der Waals surface area contributed by atoms with E-state index in [1.807, 2.05) is 20.8 Å². The van der Waals surface area contributed by atoms with Gasteiger partial charge in [-0.2, -0.15) is 0 Å². The van der Waals surface area contributed by atoms with Gasteiger partial charge in [-0.25, -0.2) is 4.79 Å². The van der Waals surface area contributed by atoms with Crippen LogP contribution in [0.2, 0.25) is 5.02 Å². The van der Waals surface area contributed by atoms with Crippen LogP contribution in [0.5, 0.6) is 0 Å². The number of halogens is 1. The molecule has 128 valence electrons. The molecule has 0 saturated carbocycles. The molecule has 6 heteroatoms. The molecule has 23 heavy (non-hydrogen) atoms. The molecule has 0 bridgehead atoms. The van der Waals surface area contributed by atoms with Crippen molar-refractivity contribution in [2.75, 3.05) is 19.7 Å². The topological polar surface area (TPSA) is 75.6 Å². The number of benzene rings is 1. The minimum Gasteiger partial charge on any atom is -0.478 e. The maximum atomic E-state index is 11.7. The Hall–Kier alpha value is -1.43. The van der Waals surface area contributed by atoms with Gasteiger partial charge >= 0.3 is 5.97 Å². The molecule has 1 aromatic rings. The number of rotatable bonds is 9. The van der Waals surface area contributed by atoms with E-state index >= 15 is 0 Å². The Bertz CT molecular complexity index is 552. The van der Waals surface area contributed by atoms with E-state index in [0.29, 0.717) is 26.3 Å². The number of carboxylic acid groups (broad SMARTS) is 1. The molecule has 0 aliphatic carbocycles. The Balaban J connectivity index is 2.22. The van der Waals surface area contributed by atoms with Gasteiger partial charge in [0, 0.05) is 12.0 Å². The highest BCUT2D eigenvalue weighted by atomic mass is 35.5. The Morgan fingerprint density at radius 2 is 2.00 bits per heavy atom.